The zero-order valence-corrected chi connectivity index (χ0v) is 27.6. The first-order valence-corrected chi connectivity index (χ1v) is 16.5. The molecule has 2 aliphatic rings. The Labute approximate surface area is 277 Å². The maximum Gasteiger partial charge on any atom is 0.240 e. The Morgan fingerprint density at radius 1 is 0.750 bits per heavy atom. The van der Waals surface area contributed by atoms with Gasteiger partial charge in [-0.25, -0.2) is 18.7 Å². The Hall–Kier alpha value is -3.98. The normalized spacial score (nSPS) is 22.9. The summed E-state index contributed by atoms with van der Waals surface area (Å²) in [4.78, 5) is 39.7. The number of hydrogen-bond donors (Lipinski definition) is 4. The maximum atomic E-state index is 14.5. The van der Waals surface area contributed by atoms with Crippen LogP contribution in [0, 0.1) is 23.5 Å². The Morgan fingerprint density at radius 2 is 1.12 bits per heavy atom. The van der Waals surface area contributed by atoms with Crippen molar-refractivity contribution in [2.75, 3.05) is 13.1 Å². The molecule has 2 aliphatic heterocycles. The van der Waals surface area contributed by atoms with Crippen LogP contribution in [0.2, 0.25) is 0 Å². The molecular formula is C34H44F2N8O4. The van der Waals surface area contributed by atoms with Crippen LogP contribution in [0.5, 0.6) is 0 Å². The molecule has 2 amide bonds. The molecule has 14 heteroatoms. The Morgan fingerprint density at radius 3 is 1.48 bits per heavy atom. The molecule has 0 radical (unpaired) electrons. The zero-order chi connectivity index (χ0) is 34.6. The number of rotatable bonds is 9. The summed E-state index contributed by atoms with van der Waals surface area (Å²) in [5.41, 5.74) is 14.3. The van der Waals surface area contributed by atoms with Crippen LogP contribution in [0.1, 0.15) is 40.5 Å². The van der Waals surface area contributed by atoms with E-state index in [9.17, 15) is 28.6 Å². The lowest BCUT2D eigenvalue weighted by molar-refractivity contribution is -0.135. The minimum absolute atomic E-state index is 0.112. The minimum Gasteiger partial charge on any atom is -0.391 e. The van der Waals surface area contributed by atoms with Crippen LogP contribution in [0.25, 0.3) is 33.7 Å². The van der Waals surface area contributed by atoms with Crippen molar-refractivity contribution in [2.24, 2.45) is 23.3 Å². The van der Waals surface area contributed by atoms with Crippen molar-refractivity contribution in [1.29, 1.82) is 0 Å². The number of nitrogens with zero attached hydrogens (tertiary/aromatic N) is 6. The third-order valence-corrected chi connectivity index (χ3v) is 9.76. The minimum atomic E-state index is -0.754. The summed E-state index contributed by atoms with van der Waals surface area (Å²) in [6, 6.07) is 6.07. The SMILES string of the molecule is CC(C)[C@@H](N)C(=O)N1CC(O)C[C@H]1Cn1c(-c2nc3cc(F)ccc3n2C[C@@H]2CC(O)CN2C(=O)[C@H](N)C(C)C)nc2cc(F)ccc21. The van der Waals surface area contributed by atoms with Gasteiger partial charge in [0.05, 0.1) is 58.4 Å². The highest BCUT2D eigenvalue weighted by Crippen LogP contribution is 2.33. The van der Waals surface area contributed by atoms with Crippen LogP contribution in [0.3, 0.4) is 0 Å². The molecule has 6 N–H and O–H groups in total. The second kappa shape index (κ2) is 13.1. The van der Waals surface area contributed by atoms with Gasteiger partial charge >= 0.3 is 0 Å². The van der Waals surface area contributed by atoms with Gasteiger partial charge in [0.25, 0.3) is 0 Å². The summed E-state index contributed by atoms with van der Waals surface area (Å²) in [6.45, 7) is 8.10. The number of hydrogen-bond acceptors (Lipinski definition) is 8. The average molecular weight is 667 g/mol. The summed E-state index contributed by atoms with van der Waals surface area (Å²) < 4.78 is 32.7. The third kappa shape index (κ3) is 6.29. The van der Waals surface area contributed by atoms with Crippen molar-refractivity contribution < 1.29 is 28.6 Å². The average Bonchev–Trinajstić information content (AvgIpc) is 3.78. The van der Waals surface area contributed by atoms with Gasteiger partial charge in [-0.3, -0.25) is 9.59 Å². The maximum absolute atomic E-state index is 14.5. The van der Waals surface area contributed by atoms with Crippen LogP contribution >= 0.6 is 0 Å². The van der Waals surface area contributed by atoms with E-state index in [-0.39, 0.29) is 49.8 Å². The molecule has 4 aromatic rings. The van der Waals surface area contributed by atoms with Crippen LogP contribution in [-0.4, -0.2) is 100 Å². The van der Waals surface area contributed by atoms with Gasteiger partial charge in [-0.05, 0) is 48.9 Å². The molecule has 2 unspecified atom stereocenters. The van der Waals surface area contributed by atoms with Gasteiger partial charge in [0.2, 0.25) is 11.8 Å². The number of carbonyl (C=O) groups is 2. The molecule has 0 saturated carbocycles. The number of aromatic nitrogens is 4. The van der Waals surface area contributed by atoms with Gasteiger partial charge < -0.3 is 40.6 Å². The first-order valence-electron chi connectivity index (χ1n) is 16.5. The van der Waals surface area contributed by atoms with E-state index in [1.165, 1.54) is 24.3 Å². The number of aliphatic hydroxyl groups is 2. The molecule has 6 atom stereocenters. The van der Waals surface area contributed by atoms with Crippen LogP contribution < -0.4 is 11.5 Å². The van der Waals surface area contributed by atoms with Crippen molar-refractivity contribution >= 4 is 33.9 Å². The fourth-order valence-corrected chi connectivity index (χ4v) is 6.96. The lowest BCUT2D eigenvalue weighted by Gasteiger charge is -2.30. The molecule has 2 saturated heterocycles. The number of halogens is 2. The van der Waals surface area contributed by atoms with Crippen LogP contribution in [-0.2, 0) is 22.7 Å². The first-order chi connectivity index (χ1) is 22.7. The van der Waals surface area contributed by atoms with E-state index >= 15 is 0 Å². The van der Waals surface area contributed by atoms with E-state index < -0.39 is 48.0 Å². The summed E-state index contributed by atoms with van der Waals surface area (Å²) in [5, 5.41) is 21.3. The molecule has 2 aromatic heterocycles. The Balaban J connectivity index is 1.47. The molecule has 12 nitrogen and oxygen atoms in total. The number of fused-ring (bicyclic) bond motifs is 2. The fourth-order valence-electron chi connectivity index (χ4n) is 6.96. The number of β-amino-alcohol motifs (C(OH)–C–C–N with tert-alkyl or cyclic N) is 2. The Bertz CT molecular complexity index is 1710. The monoisotopic (exact) mass is 666 g/mol. The second-order valence-electron chi connectivity index (χ2n) is 14.0. The van der Waals surface area contributed by atoms with E-state index in [4.69, 9.17) is 21.4 Å². The van der Waals surface area contributed by atoms with Crippen LogP contribution in [0.15, 0.2) is 36.4 Å². The molecule has 4 heterocycles. The van der Waals surface area contributed by atoms with Crippen molar-refractivity contribution in [3.63, 3.8) is 0 Å². The molecule has 0 bridgehead atoms. The fraction of sp³-hybridized carbons (Fsp3) is 0.529. The number of aliphatic hydroxyl groups excluding tert-OH is 2. The molecular weight excluding hydrogens is 622 g/mol. The smallest absolute Gasteiger partial charge is 0.240 e. The van der Waals surface area contributed by atoms with Gasteiger partial charge in [0.15, 0.2) is 11.6 Å². The molecule has 2 fully saturated rings. The van der Waals surface area contributed by atoms with Crippen molar-refractivity contribution in [3.05, 3.63) is 48.0 Å². The first kappa shape index (κ1) is 33.9. The number of likely N-dealkylation sites (tertiary alicyclic amines) is 2. The largest absolute Gasteiger partial charge is 0.391 e. The van der Waals surface area contributed by atoms with E-state index in [1.54, 1.807) is 21.9 Å². The number of amides is 2. The number of nitrogens with two attached hydrogens (primary N) is 2. The van der Waals surface area contributed by atoms with Crippen molar-refractivity contribution in [1.82, 2.24) is 28.9 Å². The quantitative estimate of drug-likeness (QED) is 0.211. The van der Waals surface area contributed by atoms with Crippen molar-refractivity contribution in [3.8, 4) is 11.6 Å². The highest BCUT2D eigenvalue weighted by molar-refractivity contribution is 5.85. The lowest BCUT2D eigenvalue weighted by atomic mass is 10.0. The van der Waals surface area contributed by atoms with Crippen molar-refractivity contribution in [2.45, 2.75) is 90.0 Å². The molecule has 2 aromatic carbocycles. The molecule has 0 spiro atoms. The van der Waals surface area contributed by atoms with Gasteiger partial charge in [0, 0.05) is 38.3 Å². The van der Waals surface area contributed by atoms with Crippen LogP contribution in [0.4, 0.5) is 8.78 Å². The third-order valence-electron chi connectivity index (χ3n) is 9.76. The summed E-state index contributed by atoms with van der Waals surface area (Å²) >= 11 is 0. The highest BCUT2D eigenvalue weighted by Gasteiger charge is 2.40. The van der Waals surface area contributed by atoms with E-state index in [1.807, 2.05) is 36.8 Å². The Kier molecular flexibility index (Phi) is 9.28. The zero-order valence-electron chi connectivity index (χ0n) is 27.6. The molecule has 48 heavy (non-hydrogen) atoms. The lowest BCUT2D eigenvalue weighted by Crippen LogP contribution is -2.49. The summed E-state index contributed by atoms with van der Waals surface area (Å²) in [5.74, 6) is -1.06. The number of imidazole rings is 2. The van der Waals surface area contributed by atoms with E-state index in [2.05, 4.69) is 0 Å². The molecule has 0 aliphatic carbocycles. The van der Waals surface area contributed by atoms with E-state index in [0.717, 1.165) is 0 Å². The van der Waals surface area contributed by atoms with Gasteiger partial charge in [-0.15, -0.1) is 0 Å². The summed E-state index contributed by atoms with van der Waals surface area (Å²) in [6.07, 6.45) is -0.913. The van der Waals surface area contributed by atoms with Gasteiger partial charge in [-0.2, -0.15) is 0 Å². The predicted octanol–water partition coefficient (Wildman–Crippen LogP) is 2.22. The standard InChI is InChI=1S/C34H44F2N8O4/c1-17(2)29(37)33(47)41-15-23(45)11-21(41)13-43-27-7-5-19(35)9-25(27)39-31(43)32-40-26-10-20(36)6-8-28(26)44(32)14-22-12-24(46)16-42(22)34(48)30(38)18(3)4/h5-10,17-18,21-24,29-30,45-46H,11-16,37-38H2,1-4H3/t21-,22-,23?,24?,29+,30+/m0/s1. The molecule has 258 valence electrons. The predicted molar refractivity (Wildman–Crippen MR) is 176 cm³/mol. The second-order valence-corrected chi connectivity index (χ2v) is 14.0. The number of benzene rings is 2. The number of carbonyl (C=O) groups excluding carboxylic acids is 2. The van der Waals surface area contributed by atoms with E-state index in [0.29, 0.717) is 46.6 Å². The molecule has 6 rings (SSSR count). The highest BCUT2D eigenvalue weighted by atomic mass is 19.1. The topological polar surface area (TPSA) is 169 Å². The summed E-state index contributed by atoms with van der Waals surface area (Å²) in [7, 11) is 0. The van der Waals surface area contributed by atoms with Gasteiger partial charge in [-0.1, -0.05) is 27.7 Å². The van der Waals surface area contributed by atoms with Gasteiger partial charge in [0.1, 0.15) is 11.6 Å².